The first kappa shape index (κ1) is 13.6. The third-order valence-corrected chi connectivity index (χ3v) is 3.20. The molecular formula is C15H21N3O. The molecule has 4 heteroatoms. The standard InChI is InChI=1S/C15H21N3O/c1-4-14(16)15(12-9-17-18(3)10-12)19-13-7-5-11(2)6-8-13/h5-10,14-15H,4,16H2,1-3H3. The number of aromatic nitrogens is 2. The molecule has 0 saturated carbocycles. The highest BCUT2D eigenvalue weighted by atomic mass is 16.5. The average molecular weight is 259 g/mol. The van der Waals surface area contributed by atoms with Gasteiger partial charge in [-0.15, -0.1) is 0 Å². The zero-order chi connectivity index (χ0) is 13.8. The fourth-order valence-corrected chi connectivity index (χ4v) is 1.97. The second-order valence-electron chi connectivity index (χ2n) is 4.87. The lowest BCUT2D eigenvalue weighted by atomic mass is 10.0. The van der Waals surface area contributed by atoms with Crippen molar-refractivity contribution in [2.24, 2.45) is 12.8 Å². The molecule has 2 rings (SSSR count). The minimum atomic E-state index is -0.165. The molecule has 0 spiro atoms. The highest BCUT2D eigenvalue weighted by Crippen LogP contribution is 2.25. The van der Waals surface area contributed by atoms with Crippen molar-refractivity contribution in [3.8, 4) is 5.75 Å². The zero-order valence-electron chi connectivity index (χ0n) is 11.7. The van der Waals surface area contributed by atoms with E-state index in [1.54, 1.807) is 4.68 Å². The van der Waals surface area contributed by atoms with Crippen molar-refractivity contribution < 1.29 is 4.74 Å². The van der Waals surface area contributed by atoms with Gasteiger partial charge in [-0.2, -0.15) is 5.10 Å². The topological polar surface area (TPSA) is 53.1 Å². The second kappa shape index (κ2) is 5.89. The van der Waals surface area contributed by atoms with E-state index < -0.39 is 0 Å². The zero-order valence-corrected chi connectivity index (χ0v) is 11.7. The molecule has 0 aliphatic heterocycles. The summed E-state index contributed by atoms with van der Waals surface area (Å²) < 4.78 is 7.81. The van der Waals surface area contributed by atoms with Gasteiger partial charge in [0.25, 0.3) is 0 Å². The Kier molecular flexibility index (Phi) is 4.22. The molecule has 102 valence electrons. The minimum absolute atomic E-state index is 0.0505. The summed E-state index contributed by atoms with van der Waals surface area (Å²) in [6.07, 6.45) is 4.45. The van der Waals surface area contributed by atoms with Gasteiger partial charge in [0.15, 0.2) is 0 Å². The Bertz CT molecular complexity index is 518. The molecule has 0 fully saturated rings. The van der Waals surface area contributed by atoms with E-state index in [0.717, 1.165) is 17.7 Å². The van der Waals surface area contributed by atoms with Crippen LogP contribution >= 0.6 is 0 Å². The predicted molar refractivity (Wildman–Crippen MR) is 76.0 cm³/mol. The Morgan fingerprint density at radius 2 is 2.00 bits per heavy atom. The van der Waals surface area contributed by atoms with Gasteiger partial charge in [0, 0.05) is 24.8 Å². The fourth-order valence-electron chi connectivity index (χ4n) is 1.97. The number of hydrogen-bond acceptors (Lipinski definition) is 3. The number of ether oxygens (including phenoxy) is 1. The van der Waals surface area contributed by atoms with Crippen molar-refractivity contribution in [2.75, 3.05) is 0 Å². The minimum Gasteiger partial charge on any atom is -0.484 e. The summed E-state index contributed by atoms with van der Waals surface area (Å²) >= 11 is 0. The second-order valence-corrected chi connectivity index (χ2v) is 4.87. The molecule has 19 heavy (non-hydrogen) atoms. The highest BCUT2D eigenvalue weighted by Gasteiger charge is 2.21. The largest absolute Gasteiger partial charge is 0.484 e. The first-order valence-electron chi connectivity index (χ1n) is 6.57. The molecule has 2 N–H and O–H groups in total. The van der Waals surface area contributed by atoms with Crippen molar-refractivity contribution in [1.29, 1.82) is 0 Å². The summed E-state index contributed by atoms with van der Waals surface area (Å²) in [7, 11) is 1.89. The smallest absolute Gasteiger partial charge is 0.142 e. The van der Waals surface area contributed by atoms with Crippen LogP contribution in [0.4, 0.5) is 0 Å². The van der Waals surface area contributed by atoms with E-state index in [4.69, 9.17) is 10.5 Å². The van der Waals surface area contributed by atoms with Crippen LogP contribution in [0, 0.1) is 6.92 Å². The van der Waals surface area contributed by atoms with Crippen LogP contribution < -0.4 is 10.5 Å². The summed E-state index contributed by atoms with van der Waals surface area (Å²) in [6.45, 7) is 4.12. The van der Waals surface area contributed by atoms with Crippen LogP contribution in [-0.4, -0.2) is 15.8 Å². The summed E-state index contributed by atoms with van der Waals surface area (Å²) in [4.78, 5) is 0. The third-order valence-electron chi connectivity index (χ3n) is 3.20. The van der Waals surface area contributed by atoms with E-state index in [0.29, 0.717) is 0 Å². The molecule has 0 saturated heterocycles. The molecule has 0 radical (unpaired) electrons. The SMILES string of the molecule is CCC(N)C(Oc1ccc(C)cc1)c1cnn(C)c1. The Balaban J connectivity index is 2.21. The summed E-state index contributed by atoms with van der Waals surface area (Å²) in [5, 5.41) is 4.19. The molecule has 2 atom stereocenters. The van der Waals surface area contributed by atoms with Crippen molar-refractivity contribution >= 4 is 0 Å². The van der Waals surface area contributed by atoms with Gasteiger partial charge in [0.2, 0.25) is 0 Å². The Morgan fingerprint density at radius 1 is 1.32 bits per heavy atom. The van der Waals surface area contributed by atoms with Crippen molar-refractivity contribution in [3.63, 3.8) is 0 Å². The van der Waals surface area contributed by atoms with E-state index >= 15 is 0 Å². The molecule has 1 aromatic heterocycles. The molecule has 1 heterocycles. The maximum absolute atomic E-state index is 6.17. The fraction of sp³-hybridized carbons (Fsp3) is 0.400. The van der Waals surface area contributed by atoms with E-state index in [1.807, 2.05) is 43.7 Å². The van der Waals surface area contributed by atoms with Gasteiger partial charge in [-0.3, -0.25) is 4.68 Å². The first-order chi connectivity index (χ1) is 9.10. The van der Waals surface area contributed by atoms with Gasteiger partial charge in [-0.1, -0.05) is 24.6 Å². The van der Waals surface area contributed by atoms with Crippen LogP contribution in [0.3, 0.4) is 0 Å². The van der Waals surface area contributed by atoms with E-state index in [-0.39, 0.29) is 12.1 Å². The Morgan fingerprint density at radius 3 is 2.53 bits per heavy atom. The van der Waals surface area contributed by atoms with Gasteiger partial charge in [0.1, 0.15) is 11.9 Å². The van der Waals surface area contributed by atoms with Gasteiger partial charge >= 0.3 is 0 Å². The van der Waals surface area contributed by atoms with Crippen LogP contribution in [-0.2, 0) is 7.05 Å². The van der Waals surface area contributed by atoms with Crippen molar-refractivity contribution in [1.82, 2.24) is 9.78 Å². The van der Waals surface area contributed by atoms with E-state index in [9.17, 15) is 0 Å². The normalized spacial score (nSPS) is 14.1. The monoisotopic (exact) mass is 259 g/mol. The molecule has 1 aromatic carbocycles. The lowest BCUT2D eigenvalue weighted by Crippen LogP contribution is -2.31. The quantitative estimate of drug-likeness (QED) is 0.898. The number of rotatable bonds is 5. The summed E-state index contributed by atoms with van der Waals surface area (Å²) in [6, 6.07) is 7.97. The molecule has 0 aliphatic carbocycles. The predicted octanol–water partition coefficient (Wildman–Crippen LogP) is 2.59. The molecule has 0 bridgehead atoms. The van der Waals surface area contributed by atoms with E-state index in [1.165, 1.54) is 5.56 Å². The molecular weight excluding hydrogens is 238 g/mol. The van der Waals surface area contributed by atoms with Gasteiger partial charge in [-0.05, 0) is 25.5 Å². The molecule has 2 aromatic rings. The highest BCUT2D eigenvalue weighted by molar-refractivity contribution is 5.27. The Hall–Kier alpha value is -1.81. The van der Waals surface area contributed by atoms with Crippen LogP contribution in [0.1, 0.15) is 30.6 Å². The van der Waals surface area contributed by atoms with E-state index in [2.05, 4.69) is 18.9 Å². The number of benzene rings is 1. The van der Waals surface area contributed by atoms with Crippen LogP contribution in [0.15, 0.2) is 36.7 Å². The number of aryl methyl sites for hydroxylation is 2. The van der Waals surface area contributed by atoms with Crippen LogP contribution in [0.5, 0.6) is 5.75 Å². The number of nitrogens with zero attached hydrogens (tertiary/aromatic N) is 2. The van der Waals surface area contributed by atoms with Crippen LogP contribution in [0.25, 0.3) is 0 Å². The van der Waals surface area contributed by atoms with Crippen molar-refractivity contribution in [3.05, 3.63) is 47.8 Å². The van der Waals surface area contributed by atoms with Gasteiger partial charge in [-0.25, -0.2) is 0 Å². The van der Waals surface area contributed by atoms with Crippen molar-refractivity contribution in [2.45, 2.75) is 32.4 Å². The lowest BCUT2D eigenvalue weighted by molar-refractivity contribution is 0.171. The molecule has 2 unspecified atom stereocenters. The van der Waals surface area contributed by atoms with Crippen LogP contribution in [0.2, 0.25) is 0 Å². The Labute approximate surface area is 114 Å². The lowest BCUT2D eigenvalue weighted by Gasteiger charge is -2.23. The molecule has 0 amide bonds. The third kappa shape index (κ3) is 3.35. The molecule has 4 nitrogen and oxygen atoms in total. The maximum atomic E-state index is 6.17. The van der Waals surface area contributed by atoms with Gasteiger partial charge in [0.05, 0.1) is 6.20 Å². The van der Waals surface area contributed by atoms with Gasteiger partial charge < -0.3 is 10.5 Å². The number of nitrogens with two attached hydrogens (primary N) is 1. The number of hydrogen-bond donors (Lipinski definition) is 1. The molecule has 0 aliphatic rings. The average Bonchev–Trinajstić information content (AvgIpc) is 2.83. The summed E-state index contributed by atoms with van der Waals surface area (Å²) in [5.41, 5.74) is 8.40. The maximum Gasteiger partial charge on any atom is 0.142 e. The summed E-state index contributed by atoms with van der Waals surface area (Å²) in [5.74, 6) is 0.836. The first-order valence-corrected chi connectivity index (χ1v) is 6.57.